The first-order valence-corrected chi connectivity index (χ1v) is 7.16. The van der Waals surface area contributed by atoms with Gasteiger partial charge in [-0.15, -0.1) is 11.3 Å². The van der Waals surface area contributed by atoms with Gasteiger partial charge < -0.3 is 20.4 Å². The molecule has 110 valence electrons. The molecule has 7 nitrogen and oxygen atoms in total. The number of hydrogen-bond acceptors (Lipinski definition) is 4. The lowest BCUT2D eigenvalue weighted by atomic mass is 10.2. The fourth-order valence-electron chi connectivity index (χ4n) is 1.41. The Morgan fingerprint density at radius 2 is 2.10 bits per heavy atom. The molecule has 0 fully saturated rings. The molecule has 1 aromatic heterocycles. The average molecular weight is 365 g/mol. The highest BCUT2D eigenvalue weighted by atomic mass is 79.9. The van der Waals surface area contributed by atoms with Crippen LogP contribution >= 0.6 is 27.3 Å². The lowest BCUT2D eigenvalue weighted by Crippen LogP contribution is -2.47. The van der Waals surface area contributed by atoms with E-state index in [0.717, 1.165) is 9.35 Å². The second-order valence-electron chi connectivity index (χ2n) is 4.05. The number of carboxylic acids is 2. The zero-order valence-electron chi connectivity index (χ0n) is 10.5. The van der Waals surface area contributed by atoms with Gasteiger partial charge in [0.05, 0.1) is 10.2 Å². The molecule has 0 spiro atoms. The molecule has 1 heterocycles. The zero-order chi connectivity index (χ0) is 15.3. The van der Waals surface area contributed by atoms with Crippen LogP contribution in [0.3, 0.4) is 0 Å². The number of carboxylic acid groups (broad SMARTS) is 2. The van der Waals surface area contributed by atoms with Crippen LogP contribution in [-0.4, -0.2) is 46.2 Å². The van der Waals surface area contributed by atoms with Crippen LogP contribution in [0.4, 0.5) is 4.79 Å². The largest absolute Gasteiger partial charge is 0.481 e. The minimum absolute atomic E-state index is 0.299. The molecule has 2 amide bonds. The van der Waals surface area contributed by atoms with E-state index in [4.69, 9.17) is 10.2 Å². The van der Waals surface area contributed by atoms with Crippen LogP contribution in [0.15, 0.2) is 15.2 Å². The number of thiophene rings is 1. The van der Waals surface area contributed by atoms with Gasteiger partial charge in [0.15, 0.2) is 0 Å². The van der Waals surface area contributed by atoms with E-state index in [1.165, 1.54) is 23.3 Å². The highest BCUT2D eigenvalue weighted by Crippen LogP contribution is 2.21. The lowest BCUT2D eigenvalue weighted by molar-refractivity contribution is -0.145. The number of nitrogens with zero attached hydrogens (tertiary/aromatic N) is 1. The normalized spacial score (nSPS) is 11.7. The Morgan fingerprint density at radius 3 is 2.55 bits per heavy atom. The molecule has 9 heteroatoms. The molecule has 0 unspecified atom stereocenters. The molecule has 1 aromatic rings. The van der Waals surface area contributed by atoms with Gasteiger partial charge >= 0.3 is 18.0 Å². The molecule has 1 atom stereocenters. The predicted molar refractivity (Wildman–Crippen MR) is 75.7 cm³/mol. The van der Waals surface area contributed by atoms with Crippen molar-refractivity contribution in [3.05, 3.63) is 20.8 Å². The first-order valence-electron chi connectivity index (χ1n) is 5.48. The van der Waals surface area contributed by atoms with E-state index in [1.54, 1.807) is 0 Å². The molecule has 0 saturated heterocycles. The molecule has 0 bridgehead atoms. The highest BCUT2D eigenvalue weighted by Gasteiger charge is 2.24. The molecule has 0 aromatic carbocycles. The molecule has 0 saturated carbocycles. The summed E-state index contributed by atoms with van der Waals surface area (Å²) in [7, 11) is 1.50. The Hall–Kier alpha value is -1.61. The van der Waals surface area contributed by atoms with E-state index in [1.807, 2.05) is 11.4 Å². The predicted octanol–water partition coefficient (Wildman–Crippen LogP) is 1.58. The summed E-state index contributed by atoms with van der Waals surface area (Å²) in [4.78, 5) is 34.5. The molecule has 0 aliphatic carbocycles. The summed E-state index contributed by atoms with van der Waals surface area (Å²) in [5, 5.41) is 21.5. The van der Waals surface area contributed by atoms with Gasteiger partial charge in [-0.2, -0.15) is 0 Å². The topological polar surface area (TPSA) is 107 Å². The maximum Gasteiger partial charge on any atom is 0.326 e. The molecule has 20 heavy (non-hydrogen) atoms. The summed E-state index contributed by atoms with van der Waals surface area (Å²) in [6.07, 6.45) is -0.668. The number of amides is 2. The fraction of sp³-hybridized carbons (Fsp3) is 0.364. The van der Waals surface area contributed by atoms with Gasteiger partial charge in [-0.05, 0) is 32.9 Å². The minimum atomic E-state index is -1.45. The van der Waals surface area contributed by atoms with Gasteiger partial charge in [-0.3, -0.25) is 4.79 Å². The van der Waals surface area contributed by atoms with Gasteiger partial charge in [0.1, 0.15) is 6.04 Å². The maximum absolute atomic E-state index is 11.8. The highest BCUT2D eigenvalue weighted by molar-refractivity contribution is 9.11. The number of halogens is 1. The molecule has 0 aliphatic rings. The fourth-order valence-corrected chi connectivity index (χ4v) is 2.61. The zero-order valence-corrected chi connectivity index (χ0v) is 12.9. The van der Waals surface area contributed by atoms with Crippen LogP contribution in [0.25, 0.3) is 0 Å². The molecule has 0 radical (unpaired) electrons. The van der Waals surface area contributed by atoms with Gasteiger partial charge in [-0.1, -0.05) is 0 Å². The van der Waals surface area contributed by atoms with Crippen LogP contribution in [-0.2, 0) is 16.1 Å². The molecule has 1 rings (SSSR count). The summed E-state index contributed by atoms with van der Waals surface area (Å²) >= 11 is 4.77. The summed E-state index contributed by atoms with van der Waals surface area (Å²) in [5.41, 5.74) is 0.893. The van der Waals surface area contributed by atoms with Gasteiger partial charge in [0.2, 0.25) is 0 Å². The Labute approximate surface area is 127 Å². The average Bonchev–Trinajstić information content (AvgIpc) is 2.72. The first kappa shape index (κ1) is 16.4. The SMILES string of the molecule is CN(Cc1csc(Br)c1)C(=O)N[C@@H](CC(=O)O)C(=O)O. The van der Waals surface area contributed by atoms with Crippen LogP contribution in [0.1, 0.15) is 12.0 Å². The van der Waals surface area contributed by atoms with Crippen molar-refractivity contribution in [3.63, 3.8) is 0 Å². The van der Waals surface area contributed by atoms with Gasteiger partial charge in [-0.25, -0.2) is 9.59 Å². The number of nitrogens with one attached hydrogen (secondary N) is 1. The number of carbonyl (C=O) groups is 3. The second-order valence-corrected chi connectivity index (χ2v) is 6.34. The van der Waals surface area contributed by atoms with Gasteiger partial charge in [0, 0.05) is 13.6 Å². The standard InChI is InChI=1S/C11H13BrN2O5S/c1-14(4-6-2-8(12)20-5-6)11(19)13-7(10(17)18)3-9(15)16/h2,5,7H,3-4H2,1H3,(H,13,19)(H,15,16)(H,17,18)/t7-/m0/s1. The molecular formula is C11H13BrN2O5S. The Kier molecular flexibility index (Phi) is 5.96. The van der Waals surface area contributed by atoms with E-state index in [9.17, 15) is 14.4 Å². The van der Waals surface area contributed by atoms with Crippen molar-refractivity contribution in [1.82, 2.24) is 10.2 Å². The summed E-state index contributed by atoms with van der Waals surface area (Å²) in [6.45, 7) is 0.299. The first-order chi connectivity index (χ1) is 9.29. The van der Waals surface area contributed by atoms with Crippen LogP contribution in [0.5, 0.6) is 0 Å². The van der Waals surface area contributed by atoms with Crippen LogP contribution in [0, 0.1) is 0 Å². The van der Waals surface area contributed by atoms with Crippen molar-refractivity contribution in [2.24, 2.45) is 0 Å². The smallest absolute Gasteiger partial charge is 0.326 e. The monoisotopic (exact) mass is 364 g/mol. The van der Waals surface area contributed by atoms with E-state index < -0.39 is 30.4 Å². The Bertz CT molecular complexity index is 519. The summed E-state index contributed by atoms with van der Waals surface area (Å²) in [6, 6.07) is -0.238. The maximum atomic E-state index is 11.8. The number of aliphatic carboxylic acids is 2. The number of carbonyl (C=O) groups excluding carboxylic acids is 1. The molecular weight excluding hydrogens is 352 g/mol. The second kappa shape index (κ2) is 7.25. The van der Waals surface area contributed by atoms with Crippen LogP contribution in [0.2, 0.25) is 0 Å². The third-order valence-electron chi connectivity index (χ3n) is 2.36. The third-order valence-corrected chi connectivity index (χ3v) is 3.92. The lowest BCUT2D eigenvalue weighted by Gasteiger charge is -2.20. The van der Waals surface area contributed by atoms with E-state index in [0.29, 0.717) is 6.54 Å². The van der Waals surface area contributed by atoms with Crippen molar-refractivity contribution in [2.75, 3.05) is 7.05 Å². The number of hydrogen-bond donors (Lipinski definition) is 3. The van der Waals surface area contributed by atoms with E-state index in [2.05, 4.69) is 21.2 Å². The van der Waals surface area contributed by atoms with Crippen LogP contribution < -0.4 is 5.32 Å². The molecule has 3 N–H and O–H groups in total. The quantitative estimate of drug-likeness (QED) is 0.710. The van der Waals surface area contributed by atoms with E-state index >= 15 is 0 Å². The van der Waals surface area contributed by atoms with Gasteiger partial charge in [0.25, 0.3) is 0 Å². The minimum Gasteiger partial charge on any atom is -0.481 e. The van der Waals surface area contributed by atoms with Crippen molar-refractivity contribution < 1.29 is 24.6 Å². The summed E-state index contributed by atoms with van der Waals surface area (Å²) < 4.78 is 0.926. The number of rotatable bonds is 6. The van der Waals surface area contributed by atoms with Crippen molar-refractivity contribution in [3.8, 4) is 0 Å². The summed E-state index contributed by atoms with van der Waals surface area (Å²) in [5.74, 6) is -2.67. The Morgan fingerprint density at radius 1 is 1.45 bits per heavy atom. The Balaban J connectivity index is 2.59. The van der Waals surface area contributed by atoms with Crippen molar-refractivity contribution in [1.29, 1.82) is 0 Å². The number of urea groups is 1. The molecule has 0 aliphatic heterocycles. The third kappa shape index (κ3) is 5.17. The van der Waals surface area contributed by atoms with E-state index in [-0.39, 0.29) is 0 Å². The van der Waals surface area contributed by atoms with Crippen molar-refractivity contribution >= 4 is 45.2 Å². The van der Waals surface area contributed by atoms with Crippen molar-refractivity contribution in [2.45, 2.75) is 19.0 Å².